The smallest absolute Gasteiger partial charge is 0.250 e. The molecular formula is C12H15ClN2O2. The van der Waals surface area contributed by atoms with Crippen molar-refractivity contribution in [2.75, 3.05) is 18.5 Å². The van der Waals surface area contributed by atoms with Crippen LogP contribution in [0.3, 0.4) is 0 Å². The van der Waals surface area contributed by atoms with Crippen molar-refractivity contribution in [3.05, 3.63) is 28.8 Å². The van der Waals surface area contributed by atoms with Crippen molar-refractivity contribution in [1.29, 1.82) is 0 Å². The number of amides is 1. The molecule has 1 aromatic carbocycles. The summed E-state index contributed by atoms with van der Waals surface area (Å²) in [6, 6.07) is 5.47. The van der Waals surface area contributed by atoms with Gasteiger partial charge in [-0.2, -0.15) is 0 Å². The number of nitrogens with two attached hydrogens (primary N) is 1. The second-order valence-corrected chi connectivity index (χ2v) is 4.52. The highest BCUT2D eigenvalue weighted by Crippen LogP contribution is 2.21. The zero-order valence-electron chi connectivity index (χ0n) is 9.41. The van der Waals surface area contributed by atoms with E-state index in [2.05, 4.69) is 5.32 Å². The fourth-order valence-corrected chi connectivity index (χ4v) is 2.10. The average Bonchev–Trinajstić information content (AvgIpc) is 2.32. The quantitative estimate of drug-likeness (QED) is 0.868. The minimum atomic E-state index is -0.515. The maximum atomic E-state index is 11.2. The molecule has 1 atom stereocenters. The van der Waals surface area contributed by atoms with Crippen LogP contribution < -0.4 is 11.1 Å². The van der Waals surface area contributed by atoms with Crippen molar-refractivity contribution in [3.63, 3.8) is 0 Å². The lowest BCUT2D eigenvalue weighted by Gasteiger charge is -2.24. The van der Waals surface area contributed by atoms with Crippen molar-refractivity contribution >= 4 is 23.2 Å². The zero-order valence-corrected chi connectivity index (χ0v) is 10.2. The number of anilines is 1. The van der Waals surface area contributed by atoms with E-state index in [4.69, 9.17) is 22.1 Å². The molecule has 1 unspecified atom stereocenters. The number of hydrogen-bond donors (Lipinski definition) is 2. The Bertz CT molecular complexity index is 417. The highest BCUT2D eigenvalue weighted by atomic mass is 35.5. The van der Waals surface area contributed by atoms with Crippen LogP contribution in [0.25, 0.3) is 0 Å². The summed E-state index contributed by atoms with van der Waals surface area (Å²) in [6.45, 7) is 1.51. The molecule has 1 fully saturated rings. The average molecular weight is 255 g/mol. The maximum absolute atomic E-state index is 11.2. The number of halogens is 1. The van der Waals surface area contributed by atoms with Gasteiger partial charge in [-0.25, -0.2) is 0 Å². The van der Waals surface area contributed by atoms with Crippen LogP contribution in [-0.4, -0.2) is 25.2 Å². The number of ether oxygens (including phenoxy) is 1. The van der Waals surface area contributed by atoms with Crippen LogP contribution in [0.4, 0.5) is 5.69 Å². The summed E-state index contributed by atoms with van der Waals surface area (Å²) >= 11 is 5.88. The van der Waals surface area contributed by atoms with Gasteiger partial charge in [0.25, 0.3) is 0 Å². The van der Waals surface area contributed by atoms with E-state index in [9.17, 15) is 4.79 Å². The van der Waals surface area contributed by atoms with Gasteiger partial charge in [0.2, 0.25) is 5.91 Å². The van der Waals surface area contributed by atoms with Gasteiger partial charge in [0.05, 0.1) is 17.2 Å². The van der Waals surface area contributed by atoms with E-state index >= 15 is 0 Å². The second kappa shape index (κ2) is 5.38. The number of carbonyl (C=O) groups is 1. The van der Waals surface area contributed by atoms with E-state index in [0.29, 0.717) is 17.2 Å². The molecule has 0 aromatic heterocycles. The summed E-state index contributed by atoms with van der Waals surface area (Å²) < 4.78 is 5.38. The van der Waals surface area contributed by atoms with Crippen molar-refractivity contribution in [2.24, 2.45) is 5.73 Å². The van der Waals surface area contributed by atoms with E-state index < -0.39 is 5.91 Å². The largest absolute Gasteiger partial charge is 0.380 e. The van der Waals surface area contributed by atoms with E-state index in [1.54, 1.807) is 12.1 Å². The SMILES string of the molecule is NC(=O)c1cc(NC2CCCOC2)ccc1Cl. The summed E-state index contributed by atoms with van der Waals surface area (Å²) in [4.78, 5) is 11.2. The van der Waals surface area contributed by atoms with Gasteiger partial charge in [-0.1, -0.05) is 11.6 Å². The lowest BCUT2D eigenvalue weighted by Crippen LogP contribution is -2.30. The molecule has 0 saturated carbocycles. The Hall–Kier alpha value is -1.26. The number of nitrogens with one attached hydrogen (secondary N) is 1. The minimum absolute atomic E-state index is 0.283. The fraction of sp³-hybridized carbons (Fsp3) is 0.417. The topological polar surface area (TPSA) is 64.4 Å². The van der Waals surface area contributed by atoms with Gasteiger partial charge in [0.15, 0.2) is 0 Å². The molecule has 92 valence electrons. The van der Waals surface area contributed by atoms with Crippen LogP contribution in [0.1, 0.15) is 23.2 Å². The predicted molar refractivity (Wildman–Crippen MR) is 67.4 cm³/mol. The monoisotopic (exact) mass is 254 g/mol. The molecule has 1 aliphatic rings. The number of benzene rings is 1. The van der Waals surface area contributed by atoms with Gasteiger partial charge < -0.3 is 15.8 Å². The van der Waals surface area contributed by atoms with Gasteiger partial charge in [-0.3, -0.25) is 4.79 Å². The molecule has 3 N–H and O–H groups in total. The highest BCUT2D eigenvalue weighted by molar-refractivity contribution is 6.33. The van der Waals surface area contributed by atoms with Gasteiger partial charge >= 0.3 is 0 Å². The summed E-state index contributed by atoms with van der Waals surface area (Å²) in [6.07, 6.45) is 2.11. The maximum Gasteiger partial charge on any atom is 0.250 e. The third kappa shape index (κ3) is 3.11. The first-order chi connectivity index (χ1) is 8.16. The molecule has 5 heteroatoms. The molecule has 0 spiro atoms. The molecule has 1 heterocycles. The molecule has 0 radical (unpaired) electrons. The standard InChI is InChI=1S/C12H15ClN2O2/c13-11-4-3-8(6-10(11)12(14)16)15-9-2-1-5-17-7-9/h3-4,6,9,15H,1-2,5,7H2,(H2,14,16). The van der Waals surface area contributed by atoms with E-state index in [1.807, 2.05) is 6.07 Å². The van der Waals surface area contributed by atoms with Crippen molar-refractivity contribution < 1.29 is 9.53 Å². The van der Waals surface area contributed by atoms with Crippen molar-refractivity contribution in [3.8, 4) is 0 Å². The molecule has 0 aliphatic carbocycles. The van der Waals surface area contributed by atoms with Crippen LogP contribution in [-0.2, 0) is 4.74 Å². The molecule has 2 rings (SSSR count). The van der Waals surface area contributed by atoms with Crippen LogP contribution in [0.5, 0.6) is 0 Å². The number of carbonyl (C=O) groups excluding carboxylic acids is 1. The first-order valence-corrected chi connectivity index (χ1v) is 5.98. The summed E-state index contributed by atoms with van der Waals surface area (Å²) in [5.41, 5.74) is 6.43. The summed E-state index contributed by atoms with van der Waals surface area (Å²) in [5, 5.41) is 3.69. The molecule has 4 nitrogen and oxygen atoms in total. The molecule has 1 saturated heterocycles. The van der Waals surface area contributed by atoms with Gasteiger partial charge in [0.1, 0.15) is 0 Å². The fourth-order valence-electron chi connectivity index (χ4n) is 1.89. The van der Waals surface area contributed by atoms with Gasteiger partial charge in [0, 0.05) is 18.3 Å². The van der Waals surface area contributed by atoms with Crippen LogP contribution in [0.2, 0.25) is 5.02 Å². The molecular weight excluding hydrogens is 240 g/mol. The Labute approximate surface area is 105 Å². The van der Waals surface area contributed by atoms with Crippen molar-refractivity contribution in [1.82, 2.24) is 0 Å². The predicted octanol–water partition coefficient (Wildman–Crippen LogP) is 2.03. The Morgan fingerprint density at radius 2 is 2.35 bits per heavy atom. The zero-order chi connectivity index (χ0) is 12.3. The van der Waals surface area contributed by atoms with E-state index in [-0.39, 0.29) is 6.04 Å². The summed E-state index contributed by atoms with van der Waals surface area (Å²) in [7, 11) is 0. The molecule has 17 heavy (non-hydrogen) atoms. The second-order valence-electron chi connectivity index (χ2n) is 4.12. The third-order valence-corrected chi connectivity index (χ3v) is 3.09. The van der Waals surface area contributed by atoms with E-state index in [1.165, 1.54) is 0 Å². The first kappa shape index (κ1) is 12.2. The number of hydrogen-bond acceptors (Lipinski definition) is 3. The number of primary amides is 1. The lowest BCUT2D eigenvalue weighted by atomic mass is 10.1. The Kier molecular flexibility index (Phi) is 3.86. The van der Waals surface area contributed by atoms with Crippen molar-refractivity contribution in [2.45, 2.75) is 18.9 Å². The third-order valence-electron chi connectivity index (χ3n) is 2.76. The van der Waals surface area contributed by atoms with Gasteiger partial charge in [-0.05, 0) is 31.0 Å². The van der Waals surface area contributed by atoms with E-state index in [0.717, 1.165) is 25.1 Å². The molecule has 1 aliphatic heterocycles. The lowest BCUT2D eigenvalue weighted by molar-refractivity contribution is 0.0876. The molecule has 1 aromatic rings. The van der Waals surface area contributed by atoms with Crippen LogP contribution >= 0.6 is 11.6 Å². The molecule has 1 amide bonds. The highest BCUT2D eigenvalue weighted by Gasteiger charge is 2.14. The Morgan fingerprint density at radius 3 is 3.00 bits per heavy atom. The normalized spacial score (nSPS) is 19.9. The van der Waals surface area contributed by atoms with Crippen LogP contribution in [0, 0.1) is 0 Å². The molecule has 0 bridgehead atoms. The number of rotatable bonds is 3. The Balaban J connectivity index is 2.10. The van der Waals surface area contributed by atoms with Crippen LogP contribution in [0.15, 0.2) is 18.2 Å². The first-order valence-electron chi connectivity index (χ1n) is 5.60. The Morgan fingerprint density at radius 1 is 1.53 bits per heavy atom. The summed E-state index contributed by atoms with van der Waals surface area (Å²) in [5.74, 6) is -0.515. The van der Waals surface area contributed by atoms with Gasteiger partial charge in [-0.15, -0.1) is 0 Å². The minimum Gasteiger partial charge on any atom is -0.380 e.